The van der Waals surface area contributed by atoms with Crippen LogP contribution in [0.15, 0.2) is 24.5 Å². The molecule has 90 valence electrons. The summed E-state index contributed by atoms with van der Waals surface area (Å²) < 4.78 is 0. The van der Waals surface area contributed by atoms with E-state index in [1.165, 1.54) is 12.0 Å². The molecule has 1 aromatic heterocycles. The molecule has 1 saturated heterocycles. The summed E-state index contributed by atoms with van der Waals surface area (Å²) in [5, 5.41) is 0. The Kier molecular flexibility index (Phi) is 2.83. The highest BCUT2D eigenvalue weighted by atomic mass is 16.2. The molecule has 1 saturated carbocycles. The Labute approximate surface area is 102 Å². The number of pyridine rings is 1. The van der Waals surface area contributed by atoms with Crippen LogP contribution in [-0.4, -0.2) is 22.3 Å². The van der Waals surface area contributed by atoms with Crippen molar-refractivity contribution >= 4 is 5.91 Å². The van der Waals surface area contributed by atoms with Gasteiger partial charge in [-0.1, -0.05) is 6.42 Å². The van der Waals surface area contributed by atoms with Crippen molar-refractivity contribution in [3.63, 3.8) is 0 Å². The van der Waals surface area contributed by atoms with Crippen LogP contribution in [0.3, 0.4) is 0 Å². The fraction of sp³-hybridized carbons (Fsp3) is 0.571. The molecule has 1 aliphatic heterocycles. The molecule has 3 rings (SSSR count). The van der Waals surface area contributed by atoms with E-state index in [9.17, 15) is 4.79 Å². The predicted octanol–water partition coefficient (Wildman–Crippen LogP) is 2.55. The van der Waals surface area contributed by atoms with Crippen LogP contribution in [0.5, 0.6) is 0 Å². The maximum Gasteiger partial charge on any atom is 0.226 e. The molecule has 17 heavy (non-hydrogen) atoms. The molecule has 0 aromatic carbocycles. The van der Waals surface area contributed by atoms with Gasteiger partial charge in [0.2, 0.25) is 5.91 Å². The summed E-state index contributed by atoms with van der Waals surface area (Å²) in [6.45, 7) is 0.933. The van der Waals surface area contributed by atoms with Crippen LogP contribution in [0.1, 0.15) is 43.7 Å². The third-order valence-electron chi connectivity index (χ3n) is 4.08. The molecule has 3 nitrogen and oxygen atoms in total. The highest BCUT2D eigenvalue weighted by Crippen LogP contribution is 2.36. The third kappa shape index (κ3) is 1.94. The van der Waals surface area contributed by atoms with Crippen molar-refractivity contribution in [2.24, 2.45) is 5.92 Å². The van der Waals surface area contributed by atoms with Gasteiger partial charge in [-0.2, -0.15) is 0 Å². The normalized spacial score (nSPS) is 24.7. The Morgan fingerprint density at radius 1 is 1.18 bits per heavy atom. The van der Waals surface area contributed by atoms with Gasteiger partial charge in [0.05, 0.1) is 6.04 Å². The van der Waals surface area contributed by atoms with E-state index in [-0.39, 0.29) is 0 Å². The summed E-state index contributed by atoms with van der Waals surface area (Å²) in [6.07, 6.45) is 9.29. The van der Waals surface area contributed by atoms with Crippen molar-refractivity contribution in [2.75, 3.05) is 6.54 Å². The van der Waals surface area contributed by atoms with Gasteiger partial charge < -0.3 is 4.90 Å². The summed E-state index contributed by atoms with van der Waals surface area (Å²) >= 11 is 0. The van der Waals surface area contributed by atoms with Crippen molar-refractivity contribution in [2.45, 2.75) is 38.1 Å². The Hall–Kier alpha value is -1.38. The lowest BCUT2D eigenvalue weighted by Gasteiger charge is -2.33. The van der Waals surface area contributed by atoms with Crippen LogP contribution in [-0.2, 0) is 4.79 Å². The van der Waals surface area contributed by atoms with Crippen LogP contribution in [0.2, 0.25) is 0 Å². The van der Waals surface area contributed by atoms with Crippen molar-refractivity contribution in [1.82, 2.24) is 9.88 Å². The molecule has 2 aliphatic rings. The molecule has 0 spiro atoms. The fourth-order valence-electron chi connectivity index (χ4n) is 2.85. The average Bonchev–Trinajstić information content (AvgIpc) is 2.76. The van der Waals surface area contributed by atoms with E-state index in [1.54, 1.807) is 0 Å². The zero-order valence-electron chi connectivity index (χ0n) is 10.0. The number of hydrogen-bond donors (Lipinski definition) is 0. The van der Waals surface area contributed by atoms with Crippen LogP contribution in [0.25, 0.3) is 0 Å². The molecule has 1 amide bonds. The van der Waals surface area contributed by atoms with E-state index in [0.29, 0.717) is 17.9 Å². The number of hydrogen-bond acceptors (Lipinski definition) is 2. The molecule has 1 atom stereocenters. The van der Waals surface area contributed by atoms with Gasteiger partial charge in [0.1, 0.15) is 0 Å². The first-order valence-electron chi connectivity index (χ1n) is 6.56. The lowest BCUT2D eigenvalue weighted by atomic mass is 9.84. The van der Waals surface area contributed by atoms with Gasteiger partial charge in [0.25, 0.3) is 0 Å². The number of carbonyl (C=O) groups is 1. The van der Waals surface area contributed by atoms with Crippen LogP contribution < -0.4 is 0 Å². The first kappa shape index (κ1) is 10.8. The molecule has 2 fully saturated rings. The Bertz CT molecular complexity index is 400. The van der Waals surface area contributed by atoms with E-state index in [1.807, 2.05) is 24.5 Å². The largest absolute Gasteiger partial charge is 0.335 e. The number of amides is 1. The smallest absolute Gasteiger partial charge is 0.226 e. The van der Waals surface area contributed by atoms with Crippen LogP contribution in [0.4, 0.5) is 0 Å². The molecule has 1 aliphatic carbocycles. The third-order valence-corrected chi connectivity index (χ3v) is 4.08. The number of aromatic nitrogens is 1. The van der Waals surface area contributed by atoms with Gasteiger partial charge in [-0.15, -0.1) is 0 Å². The molecule has 0 bridgehead atoms. The minimum atomic E-state index is 0.297. The molecule has 3 heteroatoms. The summed E-state index contributed by atoms with van der Waals surface area (Å²) in [7, 11) is 0. The van der Waals surface area contributed by atoms with Crippen molar-refractivity contribution in [3.8, 4) is 0 Å². The standard InChI is InChI=1S/C14H18N2O/c17-14(12-3-1-4-12)16-10-2-5-13(16)11-6-8-15-9-7-11/h6-9,12-13H,1-5,10H2. The van der Waals surface area contributed by atoms with Crippen molar-refractivity contribution in [3.05, 3.63) is 30.1 Å². The molecule has 2 heterocycles. The molecular weight excluding hydrogens is 212 g/mol. The molecule has 0 radical (unpaired) electrons. The lowest BCUT2D eigenvalue weighted by molar-refractivity contribution is -0.139. The number of carbonyl (C=O) groups excluding carboxylic acids is 1. The van der Waals surface area contributed by atoms with E-state index in [0.717, 1.165) is 32.2 Å². The van der Waals surface area contributed by atoms with Crippen LogP contribution >= 0.6 is 0 Å². The van der Waals surface area contributed by atoms with Gasteiger partial charge >= 0.3 is 0 Å². The van der Waals surface area contributed by atoms with E-state index in [2.05, 4.69) is 9.88 Å². The first-order valence-corrected chi connectivity index (χ1v) is 6.56. The van der Waals surface area contributed by atoms with Crippen LogP contribution in [0, 0.1) is 5.92 Å². The van der Waals surface area contributed by atoms with Gasteiger partial charge in [-0.25, -0.2) is 0 Å². The second kappa shape index (κ2) is 4.47. The summed E-state index contributed by atoms with van der Waals surface area (Å²) in [6, 6.07) is 4.37. The second-order valence-electron chi connectivity index (χ2n) is 5.10. The monoisotopic (exact) mass is 230 g/mol. The average molecular weight is 230 g/mol. The fourth-order valence-corrected chi connectivity index (χ4v) is 2.85. The maximum absolute atomic E-state index is 12.3. The van der Waals surface area contributed by atoms with Gasteiger partial charge in [-0.05, 0) is 43.4 Å². The van der Waals surface area contributed by atoms with E-state index < -0.39 is 0 Å². The number of likely N-dealkylation sites (tertiary alicyclic amines) is 1. The summed E-state index contributed by atoms with van der Waals surface area (Å²) in [5.41, 5.74) is 1.24. The summed E-state index contributed by atoms with van der Waals surface area (Å²) in [5.74, 6) is 0.702. The summed E-state index contributed by atoms with van der Waals surface area (Å²) in [4.78, 5) is 18.5. The van der Waals surface area contributed by atoms with E-state index in [4.69, 9.17) is 0 Å². The Morgan fingerprint density at radius 2 is 1.94 bits per heavy atom. The highest BCUT2D eigenvalue weighted by molar-refractivity contribution is 5.80. The maximum atomic E-state index is 12.3. The lowest BCUT2D eigenvalue weighted by Crippen LogP contribution is -2.38. The van der Waals surface area contributed by atoms with Gasteiger partial charge in [0, 0.05) is 24.9 Å². The van der Waals surface area contributed by atoms with E-state index >= 15 is 0 Å². The predicted molar refractivity (Wildman–Crippen MR) is 65.3 cm³/mol. The zero-order chi connectivity index (χ0) is 11.7. The Morgan fingerprint density at radius 3 is 2.59 bits per heavy atom. The molecule has 0 N–H and O–H groups in total. The van der Waals surface area contributed by atoms with Gasteiger partial charge in [-0.3, -0.25) is 9.78 Å². The topological polar surface area (TPSA) is 33.2 Å². The Balaban J connectivity index is 1.77. The zero-order valence-corrected chi connectivity index (χ0v) is 10.0. The second-order valence-corrected chi connectivity index (χ2v) is 5.10. The molecule has 1 aromatic rings. The SMILES string of the molecule is O=C(C1CCC1)N1CCCC1c1ccncc1. The molecular formula is C14H18N2O. The minimum Gasteiger partial charge on any atom is -0.335 e. The van der Waals surface area contributed by atoms with Gasteiger partial charge in [0.15, 0.2) is 0 Å². The quantitative estimate of drug-likeness (QED) is 0.782. The first-order chi connectivity index (χ1) is 8.36. The van der Waals surface area contributed by atoms with Crippen molar-refractivity contribution in [1.29, 1.82) is 0 Å². The highest BCUT2D eigenvalue weighted by Gasteiger charge is 2.35. The molecule has 1 unspecified atom stereocenters. The number of rotatable bonds is 2. The number of nitrogens with zero attached hydrogens (tertiary/aromatic N) is 2. The minimum absolute atomic E-state index is 0.297. The van der Waals surface area contributed by atoms with Crippen molar-refractivity contribution < 1.29 is 4.79 Å².